The highest BCUT2D eigenvalue weighted by Crippen LogP contribution is 2.19. The molecule has 1 fully saturated rings. The van der Waals surface area contributed by atoms with E-state index in [1.807, 2.05) is 0 Å². The molecule has 0 spiro atoms. The minimum absolute atomic E-state index is 0.284. The van der Waals surface area contributed by atoms with Crippen LogP contribution in [0.15, 0.2) is 0 Å². The van der Waals surface area contributed by atoms with Gasteiger partial charge < -0.3 is 5.32 Å². The second kappa shape index (κ2) is 6.15. The highest BCUT2D eigenvalue weighted by Gasteiger charge is 2.27. The molecule has 0 amide bonds. The first-order valence-electron chi connectivity index (χ1n) is 6.14. The standard InChI is InChI=1S/C13H24N2/c1-5-8-14-13-7-9-15(11(3)6-2)12(4)10-13/h2,11-14H,5,7-10H2,1,3-4H3. The van der Waals surface area contributed by atoms with E-state index in [-0.39, 0.29) is 6.04 Å². The van der Waals surface area contributed by atoms with Gasteiger partial charge in [-0.1, -0.05) is 12.8 Å². The smallest absolute Gasteiger partial charge is 0.0685 e. The molecule has 1 N–H and O–H groups in total. The van der Waals surface area contributed by atoms with Gasteiger partial charge in [0.2, 0.25) is 0 Å². The number of hydrogen-bond donors (Lipinski definition) is 1. The summed E-state index contributed by atoms with van der Waals surface area (Å²) in [6, 6.07) is 1.59. The van der Waals surface area contributed by atoms with Crippen molar-refractivity contribution in [3.8, 4) is 12.3 Å². The molecule has 1 aliphatic rings. The summed E-state index contributed by atoms with van der Waals surface area (Å²) in [5.41, 5.74) is 0. The quantitative estimate of drug-likeness (QED) is 0.709. The SMILES string of the molecule is C#CC(C)N1CCC(NCCC)CC1C. The predicted octanol–water partition coefficient (Wildman–Crippen LogP) is 1.86. The molecule has 0 aromatic heterocycles. The number of terminal acetylenes is 1. The average Bonchev–Trinajstić information content (AvgIpc) is 2.25. The van der Waals surface area contributed by atoms with Crippen LogP contribution in [0.5, 0.6) is 0 Å². The van der Waals surface area contributed by atoms with Crippen LogP contribution in [0.4, 0.5) is 0 Å². The zero-order valence-electron chi connectivity index (χ0n) is 10.3. The average molecular weight is 208 g/mol. The second-order valence-corrected chi connectivity index (χ2v) is 4.60. The minimum Gasteiger partial charge on any atom is -0.314 e. The van der Waals surface area contributed by atoms with Gasteiger partial charge in [0.25, 0.3) is 0 Å². The van der Waals surface area contributed by atoms with Crippen LogP contribution in [-0.2, 0) is 0 Å². The van der Waals surface area contributed by atoms with Crippen molar-refractivity contribution in [3.63, 3.8) is 0 Å². The van der Waals surface area contributed by atoms with Crippen molar-refractivity contribution in [2.75, 3.05) is 13.1 Å². The Morgan fingerprint density at radius 3 is 2.87 bits per heavy atom. The van der Waals surface area contributed by atoms with Crippen LogP contribution in [0, 0.1) is 12.3 Å². The van der Waals surface area contributed by atoms with Crippen LogP contribution in [0.2, 0.25) is 0 Å². The van der Waals surface area contributed by atoms with Crippen LogP contribution in [0.3, 0.4) is 0 Å². The van der Waals surface area contributed by atoms with Gasteiger partial charge in [-0.3, -0.25) is 4.90 Å². The Balaban J connectivity index is 2.38. The van der Waals surface area contributed by atoms with Crippen LogP contribution >= 0.6 is 0 Å². The van der Waals surface area contributed by atoms with Gasteiger partial charge in [-0.15, -0.1) is 6.42 Å². The summed E-state index contributed by atoms with van der Waals surface area (Å²) in [5.74, 6) is 2.83. The fraction of sp³-hybridized carbons (Fsp3) is 0.846. The molecule has 1 saturated heterocycles. The summed E-state index contributed by atoms with van der Waals surface area (Å²) in [5, 5.41) is 3.60. The maximum Gasteiger partial charge on any atom is 0.0685 e. The Morgan fingerprint density at radius 2 is 2.33 bits per heavy atom. The van der Waals surface area contributed by atoms with Crippen LogP contribution in [0.1, 0.15) is 40.0 Å². The normalized spacial score (nSPS) is 29.7. The molecule has 0 aromatic carbocycles. The first-order valence-corrected chi connectivity index (χ1v) is 6.14. The lowest BCUT2D eigenvalue weighted by Gasteiger charge is -2.40. The third-order valence-corrected chi connectivity index (χ3v) is 3.35. The Morgan fingerprint density at radius 1 is 1.60 bits per heavy atom. The van der Waals surface area contributed by atoms with Crippen molar-refractivity contribution in [1.29, 1.82) is 0 Å². The van der Waals surface area contributed by atoms with E-state index < -0.39 is 0 Å². The number of hydrogen-bond acceptors (Lipinski definition) is 2. The summed E-state index contributed by atoms with van der Waals surface area (Å²) in [6.45, 7) is 8.89. The molecule has 2 heteroatoms. The number of likely N-dealkylation sites (tertiary alicyclic amines) is 1. The van der Waals surface area contributed by atoms with Gasteiger partial charge in [0.05, 0.1) is 6.04 Å². The highest BCUT2D eigenvalue weighted by molar-refractivity contribution is 5.00. The summed E-state index contributed by atoms with van der Waals surface area (Å²) in [4.78, 5) is 2.43. The lowest BCUT2D eigenvalue weighted by molar-refractivity contribution is 0.119. The van der Waals surface area contributed by atoms with Gasteiger partial charge in [-0.2, -0.15) is 0 Å². The molecule has 3 atom stereocenters. The largest absolute Gasteiger partial charge is 0.314 e. The summed E-state index contributed by atoms with van der Waals surface area (Å²) in [6.07, 6.45) is 9.15. The highest BCUT2D eigenvalue weighted by atomic mass is 15.2. The molecule has 3 unspecified atom stereocenters. The van der Waals surface area contributed by atoms with Crippen molar-refractivity contribution in [2.45, 2.75) is 58.2 Å². The molecule has 15 heavy (non-hydrogen) atoms. The van der Waals surface area contributed by atoms with E-state index in [9.17, 15) is 0 Å². The third-order valence-electron chi connectivity index (χ3n) is 3.35. The third kappa shape index (κ3) is 3.52. The summed E-state index contributed by atoms with van der Waals surface area (Å²) >= 11 is 0. The zero-order valence-corrected chi connectivity index (χ0v) is 10.3. The van der Waals surface area contributed by atoms with Gasteiger partial charge in [0.1, 0.15) is 0 Å². The van der Waals surface area contributed by atoms with Crippen molar-refractivity contribution in [2.24, 2.45) is 0 Å². The molecule has 2 nitrogen and oxygen atoms in total. The summed E-state index contributed by atoms with van der Waals surface area (Å²) < 4.78 is 0. The van der Waals surface area contributed by atoms with Crippen LogP contribution < -0.4 is 5.32 Å². The zero-order chi connectivity index (χ0) is 11.3. The molecule has 0 aromatic rings. The summed E-state index contributed by atoms with van der Waals surface area (Å²) in [7, 11) is 0. The van der Waals surface area contributed by atoms with Gasteiger partial charge in [0, 0.05) is 18.6 Å². The monoisotopic (exact) mass is 208 g/mol. The van der Waals surface area contributed by atoms with E-state index >= 15 is 0 Å². The van der Waals surface area contributed by atoms with Gasteiger partial charge in [-0.05, 0) is 39.7 Å². The van der Waals surface area contributed by atoms with Crippen molar-refractivity contribution < 1.29 is 0 Å². The lowest BCUT2D eigenvalue weighted by Crippen LogP contribution is -2.50. The van der Waals surface area contributed by atoms with E-state index in [4.69, 9.17) is 6.42 Å². The molecule has 86 valence electrons. The molecule has 0 bridgehead atoms. The predicted molar refractivity (Wildman–Crippen MR) is 65.8 cm³/mol. The Kier molecular flexibility index (Phi) is 5.14. The van der Waals surface area contributed by atoms with Gasteiger partial charge in [0.15, 0.2) is 0 Å². The topological polar surface area (TPSA) is 15.3 Å². The lowest BCUT2D eigenvalue weighted by atomic mass is 9.96. The fourth-order valence-corrected chi connectivity index (χ4v) is 2.40. The molecular formula is C13H24N2. The van der Waals surface area contributed by atoms with Gasteiger partial charge in [-0.25, -0.2) is 0 Å². The molecule has 0 saturated carbocycles. The Hall–Kier alpha value is -0.520. The number of rotatable bonds is 4. The maximum absolute atomic E-state index is 5.47. The van der Waals surface area contributed by atoms with Crippen molar-refractivity contribution >= 4 is 0 Å². The molecule has 1 rings (SSSR count). The molecule has 1 aliphatic heterocycles. The van der Waals surface area contributed by atoms with E-state index in [0.29, 0.717) is 12.1 Å². The first kappa shape index (κ1) is 12.5. The van der Waals surface area contributed by atoms with E-state index in [2.05, 4.69) is 36.9 Å². The van der Waals surface area contributed by atoms with Crippen LogP contribution in [-0.4, -0.2) is 36.1 Å². The van der Waals surface area contributed by atoms with Crippen LogP contribution in [0.25, 0.3) is 0 Å². The number of piperidine rings is 1. The Bertz CT molecular complexity index is 219. The Labute approximate surface area is 94.4 Å². The van der Waals surface area contributed by atoms with E-state index in [1.165, 1.54) is 19.3 Å². The molecule has 0 radical (unpaired) electrons. The fourth-order valence-electron chi connectivity index (χ4n) is 2.40. The minimum atomic E-state index is 0.284. The van der Waals surface area contributed by atoms with E-state index in [1.54, 1.807) is 0 Å². The number of nitrogens with one attached hydrogen (secondary N) is 1. The molecule has 0 aliphatic carbocycles. The van der Waals surface area contributed by atoms with Crippen molar-refractivity contribution in [1.82, 2.24) is 10.2 Å². The van der Waals surface area contributed by atoms with Crippen molar-refractivity contribution in [3.05, 3.63) is 0 Å². The van der Waals surface area contributed by atoms with Gasteiger partial charge >= 0.3 is 0 Å². The first-order chi connectivity index (χ1) is 7.19. The number of nitrogens with zero attached hydrogens (tertiary/aromatic N) is 1. The molecular weight excluding hydrogens is 184 g/mol. The maximum atomic E-state index is 5.47. The van der Waals surface area contributed by atoms with E-state index in [0.717, 1.165) is 13.1 Å². The second-order valence-electron chi connectivity index (χ2n) is 4.60. The molecule has 1 heterocycles.